The molecule has 0 spiro atoms. The first-order valence-electron chi connectivity index (χ1n) is 6.28. The molecule has 0 aromatic carbocycles. The monoisotopic (exact) mass is 288 g/mol. The summed E-state index contributed by atoms with van der Waals surface area (Å²) in [6.45, 7) is 3.10. The molecule has 1 heterocycles. The molecule has 0 aliphatic heterocycles. The Morgan fingerprint density at radius 2 is 2.22 bits per heavy atom. The van der Waals surface area contributed by atoms with Crippen molar-refractivity contribution in [2.45, 2.75) is 44.0 Å². The molecule has 1 aromatic rings. The third-order valence-corrected chi connectivity index (χ3v) is 6.00. The van der Waals surface area contributed by atoms with E-state index in [-0.39, 0.29) is 5.41 Å². The van der Waals surface area contributed by atoms with Gasteiger partial charge in [-0.25, -0.2) is 13.1 Å². The highest BCUT2D eigenvalue weighted by Gasteiger charge is 2.42. The predicted octanol–water partition coefficient (Wildman–Crippen LogP) is 2.07. The lowest BCUT2D eigenvalue weighted by Crippen LogP contribution is -2.30. The molecule has 3 N–H and O–H groups in total. The Kier molecular flexibility index (Phi) is 4.11. The summed E-state index contributed by atoms with van der Waals surface area (Å²) in [4.78, 5) is 1.24. The van der Waals surface area contributed by atoms with E-state index in [0.29, 0.717) is 18.0 Å². The third-order valence-electron chi connectivity index (χ3n) is 3.52. The van der Waals surface area contributed by atoms with Gasteiger partial charge >= 0.3 is 0 Å². The van der Waals surface area contributed by atoms with E-state index in [0.717, 1.165) is 30.6 Å². The zero-order valence-electron chi connectivity index (χ0n) is 10.6. The van der Waals surface area contributed by atoms with Crippen LogP contribution in [0.5, 0.6) is 0 Å². The minimum atomic E-state index is -3.36. The van der Waals surface area contributed by atoms with E-state index in [2.05, 4.69) is 11.6 Å². The van der Waals surface area contributed by atoms with Gasteiger partial charge in [0.05, 0.1) is 4.90 Å². The van der Waals surface area contributed by atoms with Crippen molar-refractivity contribution in [3.05, 3.63) is 16.3 Å². The van der Waals surface area contributed by atoms with Gasteiger partial charge in [-0.2, -0.15) is 0 Å². The van der Waals surface area contributed by atoms with Crippen molar-refractivity contribution in [2.75, 3.05) is 6.54 Å². The minimum absolute atomic E-state index is 0.231. The number of nitrogens with one attached hydrogen (secondary N) is 1. The van der Waals surface area contributed by atoms with Gasteiger partial charge in [-0.3, -0.25) is 0 Å². The molecule has 102 valence electrons. The normalized spacial score (nSPS) is 17.9. The molecule has 0 amide bonds. The number of rotatable bonds is 7. The van der Waals surface area contributed by atoms with Crippen LogP contribution in [0.1, 0.15) is 37.5 Å². The van der Waals surface area contributed by atoms with Crippen molar-refractivity contribution in [1.82, 2.24) is 4.72 Å². The van der Waals surface area contributed by atoms with Crippen molar-refractivity contribution in [3.8, 4) is 0 Å². The highest BCUT2D eigenvalue weighted by Crippen LogP contribution is 2.49. The van der Waals surface area contributed by atoms with Crippen molar-refractivity contribution in [3.63, 3.8) is 0 Å². The second-order valence-electron chi connectivity index (χ2n) is 5.03. The molecule has 0 saturated heterocycles. The summed E-state index contributed by atoms with van der Waals surface area (Å²) >= 11 is 1.39. The quantitative estimate of drug-likeness (QED) is 0.806. The lowest BCUT2D eigenvalue weighted by molar-refractivity contribution is 0.449. The molecule has 0 atom stereocenters. The maximum Gasteiger partial charge on any atom is 0.241 e. The fraction of sp³-hybridized carbons (Fsp3) is 0.667. The van der Waals surface area contributed by atoms with E-state index in [9.17, 15) is 8.42 Å². The summed E-state index contributed by atoms with van der Waals surface area (Å²) in [6.07, 6.45) is 4.49. The van der Waals surface area contributed by atoms with Crippen LogP contribution in [0.15, 0.2) is 16.3 Å². The molecule has 1 fully saturated rings. The van der Waals surface area contributed by atoms with E-state index < -0.39 is 10.0 Å². The zero-order chi connectivity index (χ0) is 13.2. The van der Waals surface area contributed by atoms with Gasteiger partial charge in [0.25, 0.3) is 0 Å². The van der Waals surface area contributed by atoms with Crippen molar-refractivity contribution in [2.24, 2.45) is 11.1 Å². The van der Waals surface area contributed by atoms with Gasteiger partial charge in [-0.05, 0) is 30.7 Å². The van der Waals surface area contributed by atoms with Gasteiger partial charge < -0.3 is 5.73 Å². The van der Waals surface area contributed by atoms with E-state index >= 15 is 0 Å². The van der Waals surface area contributed by atoms with Crippen LogP contribution in [0.4, 0.5) is 0 Å². The second-order valence-corrected chi connectivity index (χ2v) is 7.79. The molecule has 1 aliphatic rings. The molecular formula is C12H20N2O2S2. The molecule has 4 nitrogen and oxygen atoms in total. The van der Waals surface area contributed by atoms with Crippen LogP contribution < -0.4 is 10.5 Å². The maximum absolute atomic E-state index is 12.1. The van der Waals surface area contributed by atoms with Gasteiger partial charge in [0.15, 0.2) is 0 Å². The molecule has 2 rings (SSSR count). The lowest BCUT2D eigenvalue weighted by Gasteiger charge is -2.14. The Morgan fingerprint density at radius 1 is 1.50 bits per heavy atom. The second kappa shape index (κ2) is 5.28. The van der Waals surface area contributed by atoms with Crippen molar-refractivity contribution in [1.29, 1.82) is 0 Å². The molecule has 1 aliphatic carbocycles. The van der Waals surface area contributed by atoms with Gasteiger partial charge in [0, 0.05) is 23.3 Å². The first-order valence-corrected chi connectivity index (χ1v) is 8.65. The topological polar surface area (TPSA) is 72.2 Å². The Balaban J connectivity index is 1.99. The van der Waals surface area contributed by atoms with Gasteiger partial charge in [-0.15, -0.1) is 11.3 Å². The Morgan fingerprint density at radius 3 is 2.72 bits per heavy atom. The summed E-state index contributed by atoms with van der Waals surface area (Å²) in [5.74, 6) is 0. The standard InChI is InChI=1S/C12H20N2O2S2/c1-2-3-12(4-5-12)9-14-18(15,16)11-6-10(7-13)17-8-11/h6,8,14H,2-5,7,9,13H2,1H3. The summed E-state index contributed by atoms with van der Waals surface area (Å²) in [6, 6.07) is 1.66. The van der Waals surface area contributed by atoms with Crippen molar-refractivity contribution >= 4 is 21.4 Å². The van der Waals surface area contributed by atoms with Gasteiger partial charge in [0.1, 0.15) is 0 Å². The smallest absolute Gasteiger partial charge is 0.241 e. The zero-order valence-corrected chi connectivity index (χ0v) is 12.2. The van der Waals surface area contributed by atoms with Crippen LogP contribution >= 0.6 is 11.3 Å². The summed E-state index contributed by atoms with van der Waals surface area (Å²) < 4.78 is 26.9. The average Bonchev–Trinajstić information content (AvgIpc) is 2.93. The molecule has 0 bridgehead atoms. The summed E-state index contributed by atoms with van der Waals surface area (Å²) in [7, 11) is -3.36. The SMILES string of the molecule is CCCC1(CNS(=O)(=O)c2csc(CN)c2)CC1. The highest BCUT2D eigenvalue weighted by atomic mass is 32.2. The average molecular weight is 288 g/mol. The Labute approximate surface area is 113 Å². The van der Waals surface area contributed by atoms with Crippen LogP contribution in [-0.2, 0) is 16.6 Å². The molecule has 0 unspecified atom stereocenters. The van der Waals surface area contributed by atoms with Crippen LogP contribution in [0, 0.1) is 5.41 Å². The van der Waals surface area contributed by atoms with Crippen molar-refractivity contribution < 1.29 is 8.42 Å². The Bertz CT molecular complexity index is 504. The lowest BCUT2D eigenvalue weighted by atomic mass is 10.0. The molecule has 1 aromatic heterocycles. The van der Waals surface area contributed by atoms with E-state index in [1.165, 1.54) is 11.3 Å². The molecule has 6 heteroatoms. The minimum Gasteiger partial charge on any atom is -0.326 e. The first-order chi connectivity index (χ1) is 8.51. The van der Waals surface area contributed by atoms with E-state index in [4.69, 9.17) is 5.73 Å². The number of hydrogen-bond donors (Lipinski definition) is 2. The third kappa shape index (κ3) is 3.12. The number of hydrogen-bond acceptors (Lipinski definition) is 4. The molecular weight excluding hydrogens is 268 g/mol. The number of sulfonamides is 1. The van der Waals surface area contributed by atoms with E-state index in [1.807, 2.05) is 0 Å². The van der Waals surface area contributed by atoms with Gasteiger partial charge in [0.2, 0.25) is 10.0 Å². The van der Waals surface area contributed by atoms with Crippen LogP contribution in [-0.4, -0.2) is 15.0 Å². The fourth-order valence-corrected chi connectivity index (χ4v) is 4.47. The number of nitrogens with two attached hydrogens (primary N) is 1. The fourth-order valence-electron chi connectivity index (χ4n) is 2.16. The van der Waals surface area contributed by atoms with Crippen LogP contribution in [0.25, 0.3) is 0 Å². The predicted molar refractivity (Wildman–Crippen MR) is 74.0 cm³/mol. The van der Waals surface area contributed by atoms with Gasteiger partial charge in [-0.1, -0.05) is 13.3 Å². The first kappa shape index (κ1) is 14.0. The van der Waals surface area contributed by atoms with Crippen LogP contribution in [0.3, 0.4) is 0 Å². The van der Waals surface area contributed by atoms with Crippen LogP contribution in [0.2, 0.25) is 0 Å². The summed E-state index contributed by atoms with van der Waals surface area (Å²) in [5.41, 5.74) is 5.73. The maximum atomic E-state index is 12.1. The number of thiophene rings is 1. The molecule has 1 saturated carbocycles. The molecule has 18 heavy (non-hydrogen) atoms. The van der Waals surface area contributed by atoms with E-state index in [1.54, 1.807) is 11.4 Å². The summed E-state index contributed by atoms with van der Waals surface area (Å²) in [5, 5.41) is 1.66. The largest absolute Gasteiger partial charge is 0.326 e. The Hall–Kier alpha value is -0.430. The molecule has 0 radical (unpaired) electrons. The highest BCUT2D eigenvalue weighted by molar-refractivity contribution is 7.89.